The van der Waals surface area contributed by atoms with Crippen molar-refractivity contribution in [3.05, 3.63) is 35.5 Å². The second kappa shape index (κ2) is 9.98. The Bertz CT molecular complexity index is 1000. The average Bonchev–Trinajstić information content (AvgIpc) is 3.09. The van der Waals surface area contributed by atoms with Crippen LogP contribution in [0.3, 0.4) is 0 Å². The third kappa shape index (κ3) is 5.95. The van der Waals surface area contributed by atoms with Crippen LogP contribution < -0.4 is 5.32 Å². The highest BCUT2D eigenvalue weighted by atomic mass is 16.6. The molecule has 0 saturated carbocycles. The number of ether oxygens (including phenoxy) is 1. The number of nitrogens with one attached hydrogen (secondary N) is 2. The number of esters is 1. The first-order chi connectivity index (χ1) is 15.5. The summed E-state index contributed by atoms with van der Waals surface area (Å²) in [6.07, 6.45) is 2.72. The van der Waals surface area contributed by atoms with Crippen LogP contribution in [-0.2, 0) is 25.5 Å². The Labute approximate surface area is 196 Å². The van der Waals surface area contributed by atoms with E-state index in [1.165, 1.54) is 0 Å². The summed E-state index contributed by atoms with van der Waals surface area (Å²) in [6, 6.07) is 7.06. The fourth-order valence-corrected chi connectivity index (χ4v) is 4.59. The summed E-state index contributed by atoms with van der Waals surface area (Å²) in [7, 11) is 0. The number of aromatic amines is 1. The van der Waals surface area contributed by atoms with E-state index < -0.39 is 11.6 Å². The van der Waals surface area contributed by atoms with Gasteiger partial charge in [0.1, 0.15) is 11.6 Å². The third-order valence-electron chi connectivity index (χ3n) is 6.01. The SMILES string of the molecule is CC(C)CC1c2[nH]c3ccccc3c2C[C@@H](C(=O)NC(C)CCC(=O)OC(C)(C)C)N1C=O. The maximum Gasteiger partial charge on any atom is 0.306 e. The molecule has 0 aliphatic carbocycles. The van der Waals surface area contributed by atoms with Gasteiger partial charge in [-0.15, -0.1) is 0 Å². The van der Waals surface area contributed by atoms with Crippen molar-refractivity contribution in [3.8, 4) is 0 Å². The predicted molar refractivity (Wildman–Crippen MR) is 129 cm³/mol. The van der Waals surface area contributed by atoms with Gasteiger partial charge in [-0.3, -0.25) is 14.4 Å². The molecule has 0 fully saturated rings. The van der Waals surface area contributed by atoms with E-state index in [4.69, 9.17) is 4.74 Å². The first-order valence-corrected chi connectivity index (χ1v) is 11.8. The molecule has 180 valence electrons. The van der Waals surface area contributed by atoms with E-state index in [-0.39, 0.29) is 30.4 Å². The second-order valence-corrected chi connectivity index (χ2v) is 10.5. The number of hydrogen-bond acceptors (Lipinski definition) is 4. The smallest absolute Gasteiger partial charge is 0.306 e. The van der Waals surface area contributed by atoms with Crippen molar-refractivity contribution in [1.29, 1.82) is 0 Å². The highest BCUT2D eigenvalue weighted by Crippen LogP contribution is 2.39. The van der Waals surface area contributed by atoms with E-state index in [0.717, 1.165) is 35.0 Å². The summed E-state index contributed by atoms with van der Waals surface area (Å²) in [5.41, 5.74) is 2.63. The van der Waals surface area contributed by atoms with Crippen LogP contribution in [0.15, 0.2) is 24.3 Å². The lowest BCUT2D eigenvalue weighted by Gasteiger charge is -2.40. The van der Waals surface area contributed by atoms with Gasteiger partial charge in [-0.25, -0.2) is 0 Å². The largest absolute Gasteiger partial charge is 0.460 e. The van der Waals surface area contributed by atoms with Gasteiger partial charge in [0, 0.05) is 35.5 Å². The van der Waals surface area contributed by atoms with E-state index in [2.05, 4.69) is 30.2 Å². The van der Waals surface area contributed by atoms with E-state index in [9.17, 15) is 14.4 Å². The molecule has 1 aliphatic heterocycles. The first kappa shape index (κ1) is 24.8. The van der Waals surface area contributed by atoms with Gasteiger partial charge in [-0.1, -0.05) is 32.0 Å². The molecule has 0 saturated heterocycles. The molecular weight excluding hydrogens is 418 g/mol. The normalized spacial score (nSPS) is 19.3. The number of carbonyl (C=O) groups excluding carboxylic acids is 3. The van der Waals surface area contributed by atoms with Crippen molar-refractivity contribution in [2.24, 2.45) is 5.92 Å². The Morgan fingerprint density at radius 3 is 2.58 bits per heavy atom. The van der Waals surface area contributed by atoms with Crippen molar-refractivity contribution in [2.45, 2.75) is 91.0 Å². The Morgan fingerprint density at radius 1 is 1.24 bits per heavy atom. The molecule has 2 heterocycles. The van der Waals surface area contributed by atoms with Gasteiger partial charge in [-0.05, 0) is 58.1 Å². The predicted octanol–water partition coefficient (Wildman–Crippen LogP) is 4.26. The quantitative estimate of drug-likeness (QED) is 0.459. The Balaban J connectivity index is 1.78. The molecule has 3 rings (SSSR count). The lowest BCUT2D eigenvalue weighted by molar-refractivity contribution is -0.155. The zero-order chi connectivity index (χ0) is 24.3. The van der Waals surface area contributed by atoms with Crippen molar-refractivity contribution in [1.82, 2.24) is 15.2 Å². The first-order valence-electron chi connectivity index (χ1n) is 11.8. The van der Waals surface area contributed by atoms with E-state index in [0.29, 0.717) is 18.8 Å². The number of para-hydroxylation sites is 1. The standard InChI is InChI=1S/C26H37N3O4/c1-16(2)13-21-24-19(18-9-7-8-10-20(18)28-24)14-22(29(21)15-30)25(32)27-17(3)11-12-23(31)33-26(4,5)6/h7-10,15-17,21-22,28H,11-14H2,1-6H3,(H,27,32)/t17?,21?,22-/m0/s1. The lowest BCUT2D eigenvalue weighted by Crippen LogP contribution is -2.53. The number of hydrogen-bond donors (Lipinski definition) is 2. The molecule has 7 heteroatoms. The highest BCUT2D eigenvalue weighted by molar-refractivity contribution is 5.89. The number of H-pyrrole nitrogens is 1. The van der Waals surface area contributed by atoms with Crippen molar-refractivity contribution < 1.29 is 19.1 Å². The average molecular weight is 456 g/mol. The number of nitrogens with zero attached hydrogens (tertiary/aromatic N) is 1. The van der Waals surface area contributed by atoms with Crippen LogP contribution in [0.1, 0.15) is 78.1 Å². The van der Waals surface area contributed by atoms with Crippen LogP contribution in [0.5, 0.6) is 0 Å². The Hall–Kier alpha value is -2.83. The van der Waals surface area contributed by atoms with Crippen molar-refractivity contribution in [3.63, 3.8) is 0 Å². The minimum Gasteiger partial charge on any atom is -0.460 e. The molecule has 33 heavy (non-hydrogen) atoms. The topological polar surface area (TPSA) is 91.5 Å². The number of amides is 2. The lowest BCUT2D eigenvalue weighted by atomic mass is 9.87. The summed E-state index contributed by atoms with van der Waals surface area (Å²) in [5.74, 6) is -0.119. The van der Waals surface area contributed by atoms with Crippen LogP contribution >= 0.6 is 0 Å². The number of benzene rings is 1. The molecule has 7 nitrogen and oxygen atoms in total. The molecule has 3 atom stereocenters. The molecule has 0 radical (unpaired) electrons. The van der Waals surface area contributed by atoms with Gasteiger partial charge in [0.25, 0.3) is 0 Å². The second-order valence-electron chi connectivity index (χ2n) is 10.5. The van der Waals surface area contributed by atoms with E-state index in [1.807, 2.05) is 45.9 Å². The van der Waals surface area contributed by atoms with E-state index >= 15 is 0 Å². The summed E-state index contributed by atoms with van der Waals surface area (Å²) in [5, 5.41) is 4.12. The third-order valence-corrected chi connectivity index (χ3v) is 6.01. The molecule has 1 aromatic heterocycles. The summed E-state index contributed by atoms with van der Waals surface area (Å²) < 4.78 is 5.36. The molecular formula is C26H37N3O4. The number of rotatable bonds is 8. The molecule has 2 aromatic rings. The highest BCUT2D eigenvalue weighted by Gasteiger charge is 2.39. The zero-order valence-corrected chi connectivity index (χ0v) is 20.6. The summed E-state index contributed by atoms with van der Waals surface area (Å²) in [4.78, 5) is 42.7. The van der Waals surface area contributed by atoms with Crippen LogP contribution in [-0.4, -0.2) is 45.9 Å². The molecule has 1 aliphatic rings. The van der Waals surface area contributed by atoms with Crippen molar-refractivity contribution >= 4 is 29.2 Å². The Kier molecular flexibility index (Phi) is 7.50. The van der Waals surface area contributed by atoms with Crippen LogP contribution in [0.2, 0.25) is 0 Å². The molecule has 0 spiro atoms. The minimum absolute atomic E-state index is 0.188. The maximum atomic E-state index is 13.3. The molecule has 2 amide bonds. The molecule has 1 aromatic carbocycles. The molecule has 2 unspecified atom stereocenters. The van der Waals surface area contributed by atoms with Gasteiger partial charge in [0.05, 0.1) is 6.04 Å². The van der Waals surface area contributed by atoms with Crippen LogP contribution in [0.4, 0.5) is 0 Å². The van der Waals surface area contributed by atoms with Gasteiger partial charge >= 0.3 is 5.97 Å². The van der Waals surface area contributed by atoms with Gasteiger partial charge in [0.2, 0.25) is 12.3 Å². The van der Waals surface area contributed by atoms with Crippen LogP contribution in [0.25, 0.3) is 10.9 Å². The Morgan fingerprint density at radius 2 is 1.94 bits per heavy atom. The number of carbonyl (C=O) groups is 3. The van der Waals surface area contributed by atoms with Gasteiger partial charge in [0.15, 0.2) is 0 Å². The number of fused-ring (bicyclic) bond motifs is 3. The maximum absolute atomic E-state index is 13.3. The molecule has 2 N–H and O–H groups in total. The minimum atomic E-state index is -0.595. The number of aromatic nitrogens is 1. The summed E-state index contributed by atoms with van der Waals surface area (Å²) >= 11 is 0. The fraction of sp³-hybridized carbons (Fsp3) is 0.577. The summed E-state index contributed by atoms with van der Waals surface area (Å²) in [6.45, 7) is 11.6. The van der Waals surface area contributed by atoms with Gasteiger partial charge < -0.3 is 19.9 Å². The monoisotopic (exact) mass is 455 g/mol. The van der Waals surface area contributed by atoms with Crippen molar-refractivity contribution in [2.75, 3.05) is 0 Å². The molecule has 0 bridgehead atoms. The zero-order valence-electron chi connectivity index (χ0n) is 20.6. The van der Waals surface area contributed by atoms with Gasteiger partial charge in [-0.2, -0.15) is 0 Å². The van der Waals surface area contributed by atoms with Crippen LogP contribution in [0, 0.1) is 5.92 Å². The fourth-order valence-electron chi connectivity index (χ4n) is 4.59. The van der Waals surface area contributed by atoms with E-state index in [1.54, 1.807) is 4.90 Å².